The fourth-order valence-electron chi connectivity index (χ4n) is 7.08. The lowest BCUT2D eigenvalue weighted by Gasteiger charge is -2.34. The minimum atomic E-state index is -0.781. The first-order valence-electron chi connectivity index (χ1n) is 16.1. The van der Waals surface area contributed by atoms with Crippen LogP contribution in [0, 0.1) is 5.92 Å². The van der Waals surface area contributed by atoms with Crippen LogP contribution >= 0.6 is 0 Å². The number of aliphatic hydroxyl groups is 1. The second-order valence-corrected chi connectivity index (χ2v) is 12.6. The van der Waals surface area contributed by atoms with Crippen LogP contribution in [0.2, 0.25) is 0 Å². The van der Waals surface area contributed by atoms with Gasteiger partial charge < -0.3 is 30.5 Å². The Balaban J connectivity index is 1.01. The number of aromatic nitrogens is 1. The van der Waals surface area contributed by atoms with Gasteiger partial charge in [0.1, 0.15) is 5.75 Å². The van der Waals surface area contributed by atoms with Gasteiger partial charge in [-0.1, -0.05) is 49.6 Å². The normalized spacial score (nSPS) is 17.9. The Hall–Kier alpha value is -3.69. The number of nitrogens with one attached hydrogen (secondary N) is 2. The molecule has 1 aliphatic carbocycles. The number of aliphatic carboxylic acids is 1. The zero-order chi connectivity index (χ0) is 31.1. The van der Waals surface area contributed by atoms with Crippen LogP contribution in [-0.4, -0.2) is 63.3 Å². The molecule has 2 aromatic carbocycles. The highest BCUT2D eigenvalue weighted by atomic mass is 16.4. The van der Waals surface area contributed by atoms with Crippen molar-refractivity contribution < 1.29 is 24.9 Å². The molecule has 9 nitrogen and oxygen atoms in total. The summed E-state index contributed by atoms with van der Waals surface area (Å²) >= 11 is 0. The van der Waals surface area contributed by atoms with Gasteiger partial charge in [0.15, 0.2) is 0 Å². The summed E-state index contributed by atoms with van der Waals surface area (Å²) in [4.78, 5) is 41.4. The number of carbonyl (C=O) groups is 2. The van der Waals surface area contributed by atoms with E-state index in [1.807, 2.05) is 23.1 Å². The first-order chi connectivity index (χ1) is 21.3. The van der Waals surface area contributed by atoms with E-state index in [4.69, 9.17) is 0 Å². The summed E-state index contributed by atoms with van der Waals surface area (Å²) in [7, 11) is 0. The molecule has 5 rings (SSSR count). The molecule has 44 heavy (non-hydrogen) atoms. The number of amides is 1. The van der Waals surface area contributed by atoms with Gasteiger partial charge in [-0.05, 0) is 86.2 Å². The maximum Gasteiger partial charge on any atom is 0.314 e. The Morgan fingerprint density at radius 2 is 1.82 bits per heavy atom. The molecular formula is C35H45N3O6. The number of phenolic OH excluding ortho intramolecular Hbond substituents is 1. The Morgan fingerprint density at radius 1 is 1.05 bits per heavy atom. The van der Waals surface area contributed by atoms with Gasteiger partial charge in [-0.25, -0.2) is 0 Å². The zero-order valence-corrected chi connectivity index (χ0v) is 25.4. The molecule has 2 fully saturated rings. The Morgan fingerprint density at radius 3 is 2.57 bits per heavy atom. The van der Waals surface area contributed by atoms with Crippen molar-refractivity contribution in [1.82, 2.24) is 15.2 Å². The number of hydrogen-bond donors (Lipinski definition) is 5. The number of rotatable bonds is 12. The number of aryl methyl sites for hydroxylation is 1. The number of nitrogens with zero attached hydrogens (tertiary/aromatic N) is 1. The maximum atomic E-state index is 12.9. The van der Waals surface area contributed by atoms with Gasteiger partial charge in [0.05, 0.1) is 17.0 Å². The van der Waals surface area contributed by atoms with E-state index in [9.17, 15) is 29.7 Å². The molecule has 1 saturated carbocycles. The van der Waals surface area contributed by atoms with Gasteiger partial charge in [-0.3, -0.25) is 14.4 Å². The highest BCUT2D eigenvalue weighted by molar-refractivity contribution is 5.87. The van der Waals surface area contributed by atoms with Gasteiger partial charge in [-0.15, -0.1) is 0 Å². The fourth-order valence-corrected chi connectivity index (χ4v) is 7.08. The number of carboxylic acids is 1. The molecule has 1 aliphatic heterocycles. The number of carboxylic acid groups (broad SMARTS) is 1. The van der Waals surface area contributed by atoms with Crippen LogP contribution in [0.4, 0.5) is 0 Å². The maximum absolute atomic E-state index is 12.9. The van der Waals surface area contributed by atoms with E-state index in [-0.39, 0.29) is 17.2 Å². The van der Waals surface area contributed by atoms with Crippen LogP contribution in [0.5, 0.6) is 5.75 Å². The number of benzene rings is 2. The molecule has 1 atom stereocenters. The van der Waals surface area contributed by atoms with Crippen molar-refractivity contribution in [2.24, 2.45) is 5.92 Å². The van der Waals surface area contributed by atoms with Crippen LogP contribution in [0.25, 0.3) is 10.9 Å². The van der Waals surface area contributed by atoms with Crippen LogP contribution in [-0.2, 0) is 21.4 Å². The van der Waals surface area contributed by atoms with Crippen molar-refractivity contribution >= 4 is 22.8 Å². The average molecular weight is 604 g/mol. The number of likely N-dealkylation sites (tertiary alicyclic amines) is 1. The summed E-state index contributed by atoms with van der Waals surface area (Å²) in [5.41, 5.74) is 1.91. The monoisotopic (exact) mass is 603 g/mol. The molecule has 0 radical (unpaired) electrons. The lowest BCUT2D eigenvalue weighted by atomic mass is 9.69. The van der Waals surface area contributed by atoms with Gasteiger partial charge in [-0.2, -0.15) is 0 Å². The Bertz CT molecular complexity index is 1500. The Kier molecular flexibility index (Phi) is 10.4. The third-order valence-electron chi connectivity index (χ3n) is 9.75. The van der Waals surface area contributed by atoms with Gasteiger partial charge in [0.25, 0.3) is 0 Å². The first-order valence-corrected chi connectivity index (χ1v) is 16.1. The SMILES string of the molecule is O=C(CCCc1cccc(C2(C(=O)O)CCCCC2)c1)N1CCC(CCNC[C@H](O)c2ccc(O)c3[nH]c(=O)ccc23)CC1. The number of hydrogen-bond acceptors (Lipinski definition) is 6. The fraction of sp³-hybridized carbons (Fsp3) is 0.514. The molecular weight excluding hydrogens is 558 g/mol. The second kappa shape index (κ2) is 14.4. The van der Waals surface area contributed by atoms with E-state index < -0.39 is 17.5 Å². The van der Waals surface area contributed by atoms with Crippen molar-refractivity contribution in [3.63, 3.8) is 0 Å². The van der Waals surface area contributed by atoms with E-state index in [2.05, 4.69) is 16.4 Å². The summed E-state index contributed by atoms with van der Waals surface area (Å²) in [5.74, 6) is -0.0322. The molecule has 1 amide bonds. The number of pyridine rings is 1. The van der Waals surface area contributed by atoms with Crippen molar-refractivity contribution in [2.45, 2.75) is 82.1 Å². The molecule has 1 saturated heterocycles. The minimum Gasteiger partial charge on any atom is -0.506 e. The first kappa shape index (κ1) is 31.7. The van der Waals surface area contributed by atoms with Gasteiger partial charge in [0.2, 0.25) is 11.5 Å². The van der Waals surface area contributed by atoms with E-state index in [1.165, 1.54) is 12.1 Å². The molecule has 2 heterocycles. The van der Waals surface area contributed by atoms with Gasteiger partial charge in [0, 0.05) is 37.5 Å². The smallest absolute Gasteiger partial charge is 0.314 e. The zero-order valence-electron chi connectivity index (χ0n) is 25.4. The molecule has 0 spiro atoms. The number of phenols is 1. The number of aliphatic hydroxyl groups excluding tert-OH is 1. The standard InChI is InChI=1S/C35H45N3O6/c39-29-12-10-27(28-11-13-31(41)37-33(28)29)30(40)23-36-19-14-24-15-20-38(21-16-24)32(42)9-5-7-25-6-4-8-26(22-25)35(34(43)44)17-2-1-3-18-35/h4,6,8,10-13,22,24,30,36,39-40H,1-3,5,7,9,14-21,23H2,(H,37,41)(H,43,44)/t30-/m0/s1. The van der Waals surface area contributed by atoms with Crippen LogP contribution < -0.4 is 10.9 Å². The molecule has 0 bridgehead atoms. The Labute approximate surface area is 258 Å². The number of carbonyl (C=O) groups excluding carboxylic acids is 1. The largest absolute Gasteiger partial charge is 0.506 e. The van der Waals surface area contributed by atoms with Gasteiger partial charge >= 0.3 is 5.97 Å². The molecule has 1 aromatic heterocycles. The number of aromatic amines is 1. The average Bonchev–Trinajstić information content (AvgIpc) is 3.04. The molecule has 3 aromatic rings. The predicted molar refractivity (Wildman–Crippen MR) is 170 cm³/mol. The summed E-state index contributed by atoms with van der Waals surface area (Å²) in [5, 5.41) is 34.8. The summed E-state index contributed by atoms with van der Waals surface area (Å²) in [6.45, 7) is 2.64. The molecule has 5 N–H and O–H groups in total. The number of piperidine rings is 1. The van der Waals surface area contributed by atoms with E-state index in [0.717, 1.165) is 82.1 Å². The summed E-state index contributed by atoms with van der Waals surface area (Å²) < 4.78 is 0. The number of aromatic hydroxyl groups is 1. The van der Waals surface area contributed by atoms with E-state index >= 15 is 0 Å². The lowest BCUT2D eigenvalue weighted by molar-refractivity contribution is -0.145. The van der Waals surface area contributed by atoms with Crippen LogP contribution in [0.15, 0.2) is 53.3 Å². The van der Waals surface area contributed by atoms with Crippen LogP contribution in [0.3, 0.4) is 0 Å². The number of fused-ring (bicyclic) bond motifs is 1. The molecule has 0 unspecified atom stereocenters. The van der Waals surface area contributed by atoms with Crippen molar-refractivity contribution in [3.8, 4) is 5.75 Å². The van der Waals surface area contributed by atoms with Crippen molar-refractivity contribution in [2.75, 3.05) is 26.2 Å². The molecule has 2 aliphatic rings. The minimum absolute atomic E-state index is 0.0263. The third-order valence-corrected chi connectivity index (χ3v) is 9.75. The molecule has 236 valence electrons. The quantitative estimate of drug-likeness (QED) is 0.187. The van der Waals surface area contributed by atoms with E-state index in [0.29, 0.717) is 48.2 Å². The highest BCUT2D eigenvalue weighted by Crippen LogP contribution is 2.40. The lowest BCUT2D eigenvalue weighted by Crippen LogP contribution is -2.39. The van der Waals surface area contributed by atoms with Crippen molar-refractivity contribution in [3.05, 3.63) is 75.6 Å². The number of H-pyrrole nitrogens is 1. The van der Waals surface area contributed by atoms with Crippen LogP contribution in [0.1, 0.15) is 87.0 Å². The predicted octanol–water partition coefficient (Wildman–Crippen LogP) is 4.79. The van der Waals surface area contributed by atoms with E-state index in [1.54, 1.807) is 12.1 Å². The topological polar surface area (TPSA) is 143 Å². The van der Waals surface area contributed by atoms with Crippen molar-refractivity contribution in [1.29, 1.82) is 0 Å². The highest BCUT2D eigenvalue weighted by Gasteiger charge is 2.41. The summed E-state index contributed by atoms with van der Waals surface area (Å²) in [6.07, 6.45) is 8.51. The third kappa shape index (κ3) is 7.33. The molecule has 9 heteroatoms. The summed E-state index contributed by atoms with van der Waals surface area (Å²) in [6, 6.07) is 14.2. The second-order valence-electron chi connectivity index (χ2n) is 12.6.